The molecule has 0 radical (unpaired) electrons. The molecular formula is C20H18FN3O2. The molecule has 0 aliphatic carbocycles. The summed E-state index contributed by atoms with van der Waals surface area (Å²) in [5, 5.41) is 3.54. The Morgan fingerprint density at radius 3 is 2.65 bits per heavy atom. The predicted molar refractivity (Wildman–Crippen MR) is 98.6 cm³/mol. The molecule has 0 spiro atoms. The Kier molecular flexibility index (Phi) is 5.12. The number of aromatic nitrogens is 1. The van der Waals surface area contributed by atoms with Crippen LogP contribution in [0.1, 0.15) is 11.1 Å². The first-order valence-corrected chi connectivity index (χ1v) is 8.12. The van der Waals surface area contributed by atoms with Gasteiger partial charge in [0, 0.05) is 35.2 Å². The molecular weight excluding hydrogens is 333 g/mol. The third-order valence-corrected chi connectivity index (χ3v) is 4.08. The molecule has 2 aromatic carbocycles. The normalized spacial score (nSPS) is 12.3. The van der Waals surface area contributed by atoms with E-state index in [2.05, 4.69) is 10.3 Å². The van der Waals surface area contributed by atoms with Crippen LogP contribution >= 0.6 is 0 Å². The van der Waals surface area contributed by atoms with E-state index in [0.717, 1.165) is 16.5 Å². The highest BCUT2D eigenvalue weighted by atomic mass is 19.1. The Hall–Kier alpha value is -3.41. The average molecular weight is 351 g/mol. The summed E-state index contributed by atoms with van der Waals surface area (Å²) in [4.78, 5) is 27.0. The molecule has 2 amide bonds. The number of nitrogens with two attached hydrogens (primary N) is 1. The fraction of sp³-hybridized carbons (Fsp3) is 0.100. The summed E-state index contributed by atoms with van der Waals surface area (Å²) in [6.07, 6.45) is 4.60. The first-order valence-electron chi connectivity index (χ1n) is 8.12. The number of carbonyl (C=O) groups excluding carboxylic acids is 2. The molecule has 3 aromatic rings. The van der Waals surface area contributed by atoms with Crippen molar-refractivity contribution in [2.24, 2.45) is 5.73 Å². The van der Waals surface area contributed by atoms with Crippen molar-refractivity contribution in [3.8, 4) is 0 Å². The number of aromatic amines is 1. The third-order valence-electron chi connectivity index (χ3n) is 4.08. The highest BCUT2D eigenvalue weighted by molar-refractivity contribution is 5.95. The van der Waals surface area contributed by atoms with Crippen molar-refractivity contribution < 1.29 is 14.0 Å². The van der Waals surface area contributed by atoms with E-state index < -0.39 is 23.7 Å². The molecule has 132 valence electrons. The van der Waals surface area contributed by atoms with Gasteiger partial charge in [-0.15, -0.1) is 0 Å². The van der Waals surface area contributed by atoms with Crippen LogP contribution < -0.4 is 11.1 Å². The number of para-hydroxylation sites is 1. The summed E-state index contributed by atoms with van der Waals surface area (Å²) in [5.41, 5.74) is 7.53. The number of hydrogen-bond acceptors (Lipinski definition) is 2. The Bertz CT molecular complexity index is 978. The maximum absolute atomic E-state index is 13.6. The lowest BCUT2D eigenvalue weighted by molar-refractivity contribution is -0.124. The largest absolute Gasteiger partial charge is 0.368 e. The standard InChI is InChI=1S/C20H18FN3O2/c21-16-7-3-1-5-13(16)9-10-19(25)24-18(20(22)26)11-14-12-23-17-8-4-2-6-15(14)17/h1-10,12,18,23H,11H2,(H2,22,26)(H,24,25)/b10-9+/t18-/m0/s1. The summed E-state index contributed by atoms with van der Waals surface area (Å²) in [6, 6.07) is 12.9. The van der Waals surface area contributed by atoms with Crippen molar-refractivity contribution in [2.45, 2.75) is 12.5 Å². The molecule has 0 unspecified atom stereocenters. The first-order chi connectivity index (χ1) is 12.5. The zero-order valence-corrected chi connectivity index (χ0v) is 13.9. The molecule has 0 saturated carbocycles. The van der Waals surface area contributed by atoms with Gasteiger partial charge < -0.3 is 16.0 Å². The second-order valence-electron chi connectivity index (χ2n) is 5.88. The fourth-order valence-electron chi connectivity index (χ4n) is 2.74. The second-order valence-corrected chi connectivity index (χ2v) is 5.88. The Morgan fingerprint density at radius 2 is 1.88 bits per heavy atom. The van der Waals surface area contributed by atoms with Gasteiger partial charge in [-0.2, -0.15) is 0 Å². The number of rotatable bonds is 6. The predicted octanol–water partition coefficient (Wildman–Crippen LogP) is 2.53. The molecule has 0 aliphatic heterocycles. The molecule has 1 aromatic heterocycles. The molecule has 3 rings (SSSR count). The third kappa shape index (κ3) is 3.97. The lowest BCUT2D eigenvalue weighted by Crippen LogP contribution is -2.45. The van der Waals surface area contributed by atoms with Crippen LogP contribution in [0.4, 0.5) is 4.39 Å². The van der Waals surface area contributed by atoms with E-state index in [1.807, 2.05) is 24.3 Å². The van der Waals surface area contributed by atoms with Crippen LogP contribution in [0.2, 0.25) is 0 Å². The maximum Gasteiger partial charge on any atom is 0.244 e. The van der Waals surface area contributed by atoms with Crippen LogP contribution in [0.15, 0.2) is 60.8 Å². The molecule has 0 aliphatic rings. The number of fused-ring (bicyclic) bond motifs is 1. The second kappa shape index (κ2) is 7.65. The molecule has 4 N–H and O–H groups in total. The van der Waals surface area contributed by atoms with E-state index in [0.29, 0.717) is 0 Å². The monoisotopic (exact) mass is 351 g/mol. The molecule has 0 bridgehead atoms. The number of primary amides is 1. The highest BCUT2D eigenvalue weighted by Gasteiger charge is 2.19. The summed E-state index contributed by atoms with van der Waals surface area (Å²) < 4.78 is 13.6. The van der Waals surface area contributed by atoms with E-state index in [9.17, 15) is 14.0 Å². The van der Waals surface area contributed by atoms with E-state index in [1.165, 1.54) is 18.2 Å². The van der Waals surface area contributed by atoms with E-state index >= 15 is 0 Å². The smallest absolute Gasteiger partial charge is 0.244 e. The molecule has 6 heteroatoms. The van der Waals surface area contributed by atoms with Crippen LogP contribution in [0.3, 0.4) is 0 Å². The molecule has 1 atom stereocenters. The molecule has 26 heavy (non-hydrogen) atoms. The van der Waals surface area contributed by atoms with E-state index in [1.54, 1.807) is 24.4 Å². The SMILES string of the molecule is NC(=O)[C@H](Cc1c[nH]c2ccccc12)NC(=O)/C=C/c1ccccc1F. The van der Waals surface area contributed by atoms with Gasteiger partial charge in [0.2, 0.25) is 11.8 Å². The van der Waals surface area contributed by atoms with Gasteiger partial charge in [-0.3, -0.25) is 9.59 Å². The maximum atomic E-state index is 13.6. The van der Waals surface area contributed by atoms with Crippen molar-refractivity contribution in [3.63, 3.8) is 0 Å². The number of carbonyl (C=O) groups is 2. The van der Waals surface area contributed by atoms with Crippen molar-refractivity contribution in [1.82, 2.24) is 10.3 Å². The van der Waals surface area contributed by atoms with Crippen molar-refractivity contribution in [3.05, 3.63) is 77.7 Å². The van der Waals surface area contributed by atoms with Gasteiger partial charge in [0.15, 0.2) is 0 Å². The summed E-state index contributed by atoms with van der Waals surface area (Å²) in [7, 11) is 0. The number of H-pyrrole nitrogens is 1. The number of benzene rings is 2. The zero-order valence-electron chi connectivity index (χ0n) is 13.9. The van der Waals surface area contributed by atoms with Crippen LogP contribution in [-0.4, -0.2) is 22.8 Å². The van der Waals surface area contributed by atoms with Gasteiger partial charge in [-0.25, -0.2) is 4.39 Å². The molecule has 1 heterocycles. The van der Waals surface area contributed by atoms with Crippen molar-refractivity contribution >= 4 is 28.8 Å². The highest BCUT2D eigenvalue weighted by Crippen LogP contribution is 2.19. The Labute approximate surface area is 149 Å². The van der Waals surface area contributed by atoms with E-state index in [4.69, 9.17) is 5.73 Å². The molecule has 0 saturated heterocycles. The summed E-state index contributed by atoms with van der Waals surface area (Å²) in [5.74, 6) is -1.58. The van der Waals surface area contributed by atoms with Gasteiger partial charge in [0.05, 0.1) is 0 Å². The summed E-state index contributed by atoms with van der Waals surface area (Å²) in [6.45, 7) is 0. The molecule has 5 nitrogen and oxygen atoms in total. The minimum Gasteiger partial charge on any atom is -0.368 e. The van der Waals surface area contributed by atoms with Gasteiger partial charge >= 0.3 is 0 Å². The van der Waals surface area contributed by atoms with Gasteiger partial charge in [-0.1, -0.05) is 36.4 Å². The minimum atomic E-state index is -0.869. The number of halogens is 1. The quantitative estimate of drug-likeness (QED) is 0.596. The van der Waals surface area contributed by atoms with Crippen LogP contribution in [0, 0.1) is 5.82 Å². The van der Waals surface area contributed by atoms with Gasteiger partial charge in [-0.05, 0) is 23.8 Å². The Morgan fingerprint density at radius 1 is 1.15 bits per heavy atom. The lowest BCUT2D eigenvalue weighted by atomic mass is 10.0. The first kappa shape index (κ1) is 17.4. The van der Waals surface area contributed by atoms with Crippen LogP contribution in [0.25, 0.3) is 17.0 Å². The lowest BCUT2D eigenvalue weighted by Gasteiger charge is -2.14. The fourth-order valence-corrected chi connectivity index (χ4v) is 2.74. The Balaban J connectivity index is 1.71. The topological polar surface area (TPSA) is 88.0 Å². The number of nitrogens with one attached hydrogen (secondary N) is 2. The van der Waals surface area contributed by atoms with Gasteiger partial charge in [0.1, 0.15) is 11.9 Å². The van der Waals surface area contributed by atoms with Crippen molar-refractivity contribution in [2.75, 3.05) is 0 Å². The van der Waals surface area contributed by atoms with Crippen LogP contribution in [-0.2, 0) is 16.0 Å². The number of hydrogen-bond donors (Lipinski definition) is 3. The summed E-state index contributed by atoms with van der Waals surface area (Å²) >= 11 is 0. The number of amides is 2. The minimum absolute atomic E-state index is 0.263. The van der Waals surface area contributed by atoms with Gasteiger partial charge in [0.25, 0.3) is 0 Å². The van der Waals surface area contributed by atoms with E-state index in [-0.39, 0.29) is 12.0 Å². The molecule has 0 fully saturated rings. The average Bonchev–Trinajstić information content (AvgIpc) is 3.03. The van der Waals surface area contributed by atoms with Crippen molar-refractivity contribution in [1.29, 1.82) is 0 Å². The van der Waals surface area contributed by atoms with Crippen LogP contribution in [0.5, 0.6) is 0 Å². The zero-order chi connectivity index (χ0) is 18.5.